The number of imidazole rings is 1. The summed E-state index contributed by atoms with van der Waals surface area (Å²) in [6, 6.07) is 22.6. The van der Waals surface area contributed by atoms with Crippen molar-refractivity contribution in [3.63, 3.8) is 0 Å². The van der Waals surface area contributed by atoms with Gasteiger partial charge in [0.2, 0.25) is 0 Å². The van der Waals surface area contributed by atoms with E-state index in [4.69, 9.17) is 10.00 Å². The van der Waals surface area contributed by atoms with E-state index >= 15 is 0 Å². The van der Waals surface area contributed by atoms with E-state index in [1.54, 1.807) is 6.20 Å². The maximum atomic E-state index is 13.0. The zero-order chi connectivity index (χ0) is 28.2. The summed E-state index contributed by atoms with van der Waals surface area (Å²) < 4.78 is 8.20. The van der Waals surface area contributed by atoms with Gasteiger partial charge in [0.25, 0.3) is 5.91 Å². The molecule has 2 aromatic carbocycles. The fourth-order valence-corrected chi connectivity index (χ4v) is 5.76. The number of hydrogen-bond acceptors (Lipinski definition) is 6. The number of hydrogen-bond donors (Lipinski definition) is 1. The lowest BCUT2D eigenvalue weighted by atomic mass is 10.0. The number of fused-ring (bicyclic) bond motifs is 1. The maximum absolute atomic E-state index is 13.0. The van der Waals surface area contributed by atoms with E-state index in [-0.39, 0.29) is 18.1 Å². The first kappa shape index (κ1) is 26.9. The van der Waals surface area contributed by atoms with Crippen LogP contribution >= 0.6 is 0 Å². The van der Waals surface area contributed by atoms with Crippen LogP contribution in [0.25, 0.3) is 5.65 Å². The number of anilines is 1. The van der Waals surface area contributed by atoms with Crippen molar-refractivity contribution in [2.24, 2.45) is 0 Å². The molecule has 2 saturated heterocycles. The second-order valence-corrected chi connectivity index (χ2v) is 11.2. The van der Waals surface area contributed by atoms with Gasteiger partial charge in [-0.1, -0.05) is 29.8 Å². The Bertz CT molecular complexity index is 1520. The molecule has 1 amide bonds. The van der Waals surface area contributed by atoms with Gasteiger partial charge in [0, 0.05) is 75.8 Å². The van der Waals surface area contributed by atoms with Crippen LogP contribution in [0.3, 0.4) is 0 Å². The van der Waals surface area contributed by atoms with Gasteiger partial charge in [-0.25, -0.2) is 4.98 Å². The summed E-state index contributed by atoms with van der Waals surface area (Å²) in [5.74, 6) is 0.656. The van der Waals surface area contributed by atoms with Gasteiger partial charge in [0.05, 0.1) is 11.6 Å². The quantitative estimate of drug-likeness (QED) is 0.352. The summed E-state index contributed by atoms with van der Waals surface area (Å²) >= 11 is 0. The molecule has 2 aliphatic heterocycles. The van der Waals surface area contributed by atoms with Crippen molar-refractivity contribution in [1.29, 1.82) is 5.26 Å². The molecule has 0 saturated carbocycles. The molecule has 8 heteroatoms. The molecule has 210 valence electrons. The molecule has 0 unspecified atom stereocenters. The lowest BCUT2D eigenvalue weighted by molar-refractivity contribution is 0.0904. The lowest BCUT2D eigenvalue weighted by Crippen LogP contribution is -2.44. The molecule has 0 bridgehead atoms. The van der Waals surface area contributed by atoms with Crippen LogP contribution in [-0.2, 0) is 6.54 Å². The highest BCUT2D eigenvalue weighted by molar-refractivity contribution is 5.93. The molecule has 6 rings (SSSR count). The van der Waals surface area contributed by atoms with Crippen LogP contribution in [0.2, 0.25) is 0 Å². The number of carbonyl (C=O) groups is 1. The fraction of sp³-hybridized carbons (Fsp3) is 0.364. The van der Waals surface area contributed by atoms with Crippen molar-refractivity contribution in [2.75, 3.05) is 31.1 Å². The minimum atomic E-state index is -0.134. The Morgan fingerprint density at radius 1 is 1.00 bits per heavy atom. The molecule has 4 heterocycles. The Morgan fingerprint density at radius 3 is 2.44 bits per heavy atom. The van der Waals surface area contributed by atoms with Gasteiger partial charge in [-0.05, 0) is 55.7 Å². The minimum Gasteiger partial charge on any atom is -0.490 e. The van der Waals surface area contributed by atoms with E-state index in [9.17, 15) is 4.79 Å². The molecule has 41 heavy (non-hydrogen) atoms. The number of aryl methyl sites for hydroxylation is 1. The largest absolute Gasteiger partial charge is 0.490 e. The van der Waals surface area contributed by atoms with Crippen molar-refractivity contribution in [1.82, 2.24) is 19.6 Å². The number of ether oxygens (including phenoxy) is 1. The third kappa shape index (κ3) is 6.53. The number of aromatic nitrogens is 2. The predicted molar refractivity (Wildman–Crippen MR) is 159 cm³/mol. The number of benzene rings is 2. The molecular weight excluding hydrogens is 512 g/mol. The number of nitrogens with zero attached hydrogens (tertiary/aromatic N) is 5. The molecule has 2 aliphatic rings. The van der Waals surface area contributed by atoms with Crippen molar-refractivity contribution in [3.8, 4) is 11.8 Å². The van der Waals surface area contributed by atoms with E-state index < -0.39 is 0 Å². The van der Waals surface area contributed by atoms with Gasteiger partial charge in [-0.2, -0.15) is 5.26 Å². The van der Waals surface area contributed by atoms with Gasteiger partial charge in [0.15, 0.2) is 0 Å². The molecule has 2 fully saturated rings. The Labute approximate surface area is 241 Å². The van der Waals surface area contributed by atoms with Gasteiger partial charge in [0.1, 0.15) is 23.2 Å². The first-order chi connectivity index (χ1) is 20.0. The molecule has 2 aromatic heterocycles. The Morgan fingerprint density at radius 2 is 1.73 bits per heavy atom. The zero-order valence-electron chi connectivity index (χ0n) is 23.5. The molecule has 1 N–H and O–H groups in total. The second-order valence-electron chi connectivity index (χ2n) is 11.2. The highest BCUT2D eigenvalue weighted by Gasteiger charge is 2.23. The summed E-state index contributed by atoms with van der Waals surface area (Å²) in [5.41, 5.74) is 5.57. The SMILES string of the molecule is Cc1ccc(N2CCC(Oc3ccn4cc(C(=O)NC5CCN(Cc6ccc(C#N)cc6)CC5)nc4c3)CC2)cc1. The summed E-state index contributed by atoms with van der Waals surface area (Å²) in [5, 5.41) is 12.2. The smallest absolute Gasteiger partial charge is 0.271 e. The number of pyridine rings is 1. The van der Waals surface area contributed by atoms with Gasteiger partial charge in [-0.3, -0.25) is 9.69 Å². The van der Waals surface area contributed by atoms with E-state index in [2.05, 4.69) is 57.4 Å². The van der Waals surface area contributed by atoms with Crippen LogP contribution in [0, 0.1) is 18.3 Å². The van der Waals surface area contributed by atoms with E-state index in [0.29, 0.717) is 16.9 Å². The minimum absolute atomic E-state index is 0.134. The summed E-state index contributed by atoms with van der Waals surface area (Å²) in [6.07, 6.45) is 7.60. The van der Waals surface area contributed by atoms with E-state index in [0.717, 1.165) is 64.2 Å². The molecule has 0 spiro atoms. The highest BCUT2D eigenvalue weighted by atomic mass is 16.5. The molecule has 8 nitrogen and oxygen atoms in total. The zero-order valence-corrected chi connectivity index (χ0v) is 23.5. The van der Waals surface area contributed by atoms with Crippen molar-refractivity contribution in [3.05, 3.63) is 95.4 Å². The maximum Gasteiger partial charge on any atom is 0.271 e. The number of likely N-dealkylation sites (tertiary alicyclic amines) is 1. The van der Waals surface area contributed by atoms with Crippen LogP contribution in [0.15, 0.2) is 73.1 Å². The van der Waals surface area contributed by atoms with Crippen LogP contribution in [0.5, 0.6) is 5.75 Å². The Hall–Kier alpha value is -4.35. The number of nitrogens with one attached hydrogen (secondary N) is 1. The first-order valence-electron chi connectivity index (χ1n) is 14.5. The van der Waals surface area contributed by atoms with Crippen molar-refractivity contribution in [2.45, 2.75) is 51.3 Å². The number of rotatable bonds is 7. The third-order valence-electron chi connectivity index (χ3n) is 8.22. The van der Waals surface area contributed by atoms with Crippen LogP contribution in [0.1, 0.15) is 52.9 Å². The molecule has 0 aliphatic carbocycles. The van der Waals surface area contributed by atoms with Crippen LogP contribution in [-0.4, -0.2) is 58.5 Å². The number of nitriles is 1. The third-order valence-corrected chi connectivity index (χ3v) is 8.22. The lowest BCUT2D eigenvalue weighted by Gasteiger charge is -2.33. The topological polar surface area (TPSA) is 85.9 Å². The fourth-order valence-electron chi connectivity index (χ4n) is 5.76. The highest BCUT2D eigenvalue weighted by Crippen LogP contribution is 2.24. The first-order valence-corrected chi connectivity index (χ1v) is 14.5. The van der Waals surface area contributed by atoms with Gasteiger partial charge in [-0.15, -0.1) is 0 Å². The van der Waals surface area contributed by atoms with Gasteiger partial charge >= 0.3 is 0 Å². The Balaban J connectivity index is 0.987. The standard InChI is InChI=1S/C33H36N6O2/c1-24-2-8-28(9-3-24)38-17-12-29(13-18-38)41-30-14-19-39-23-31(36-32(39)20-30)33(40)35-27-10-15-37(16-11-27)22-26-6-4-25(21-34)5-7-26/h2-9,14,19-20,23,27,29H,10-13,15-18,22H2,1H3,(H,35,40). The number of amides is 1. The monoisotopic (exact) mass is 548 g/mol. The Kier molecular flexibility index (Phi) is 7.88. The van der Waals surface area contributed by atoms with Crippen molar-refractivity contribution >= 4 is 17.2 Å². The average molecular weight is 549 g/mol. The summed E-state index contributed by atoms with van der Waals surface area (Å²) in [4.78, 5) is 22.4. The van der Waals surface area contributed by atoms with Crippen LogP contribution in [0.4, 0.5) is 5.69 Å². The van der Waals surface area contributed by atoms with E-state index in [1.165, 1.54) is 16.8 Å². The van der Waals surface area contributed by atoms with Gasteiger partial charge < -0.3 is 19.4 Å². The number of carbonyl (C=O) groups excluding carboxylic acids is 1. The predicted octanol–water partition coefficient (Wildman–Crippen LogP) is 4.96. The normalized spacial score (nSPS) is 16.9. The van der Waals surface area contributed by atoms with Crippen LogP contribution < -0.4 is 15.0 Å². The average Bonchev–Trinajstić information content (AvgIpc) is 3.43. The number of piperidine rings is 2. The second kappa shape index (κ2) is 12.0. The van der Waals surface area contributed by atoms with Crippen molar-refractivity contribution < 1.29 is 9.53 Å². The van der Waals surface area contributed by atoms with E-state index in [1.807, 2.05) is 47.0 Å². The summed E-state index contributed by atoms with van der Waals surface area (Å²) in [7, 11) is 0. The molecule has 0 atom stereocenters. The molecule has 4 aromatic rings. The molecular formula is C33H36N6O2. The molecule has 0 radical (unpaired) electrons. The summed E-state index contributed by atoms with van der Waals surface area (Å²) in [6.45, 7) is 6.74.